The summed E-state index contributed by atoms with van der Waals surface area (Å²) in [7, 11) is 0. The number of halogens is 2. The van der Waals surface area contributed by atoms with Gasteiger partial charge in [0.05, 0.1) is 0 Å². The monoisotopic (exact) mass is 300 g/mol. The van der Waals surface area contributed by atoms with Gasteiger partial charge in [0.2, 0.25) is 0 Å². The third-order valence-electron chi connectivity index (χ3n) is 3.94. The van der Waals surface area contributed by atoms with Crippen molar-refractivity contribution in [3.8, 4) is 0 Å². The van der Waals surface area contributed by atoms with Crippen LogP contribution in [0, 0.1) is 11.2 Å². The van der Waals surface area contributed by atoms with E-state index in [2.05, 4.69) is 10.2 Å². The van der Waals surface area contributed by atoms with Gasteiger partial charge in [-0.25, -0.2) is 4.39 Å². The van der Waals surface area contributed by atoms with Crippen molar-refractivity contribution in [1.82, 2.24) is 10.2 Å². The Morgan fingerprint density at radius 1 is 1.40 bits per heavy atom. The molecule has 1 saturated heterocycles. The van der Waals surface area contributed by atoms with Gasteiger partial charge in [-0.05, 0) is 12.1 Å². The molecule has 0 unspecified atom stereocenters. The predicted molar refractivity (Wildman–Crippen MR) is 79.5 cm³/mol. The first-order chi connectivity index (χ1) is 9.47. The normalized spacial score (nSPS) is 19.1. The number of hydrogen-bond donors (Lipinski definition) is 2. The van der Waals surface area contributed by atoms with Crippen molar-refractivity contribution >= 4 is 11.6 Å². The van der Waals surface area contributed by atoms with Crippen LogP contribution in [0.15, 0.2) is 18.2 Å². The molecule has 2 N–H and O–H groups in total. The van der Waals surface area contributed by atoms with Gasteiger partial charge in [-0.3, -0.25) is 4.90 Å². The number of hydrogen-bond acceptors (Lipinski definition) is 3. The van der Waals surface area contributed by atoms with Crippen LogP contribution in [-0.4, -0.2) is 42.8 Å². The summed E-state index contributed by atoms with van der Waals surface area (Å²) >= 11 is 6.24. The summed E-state index contributed by atoms with van der Waals surface area (Å²) in [6.45, 7) is 7.24. The molecule has 1 aliphatic heterocycles. The molecule has 2 rings (SSSR count). The summed E-state index contributed by atoms with van der Waals surface area (Å²) < 4.78 is 14.3. The van der Waals surface area contributed by atoms with Crippen LogP contribution in [0.25, 0.3) is 0 Å². The third-order valence-corrected chi connectivity index (χ3v) is 4.27. The molecule has 20 heavy (non-hydrogen) atoms. The number of benzene rings is 1. The lowest BCUT2D eigenvalue weighted by Gasteiger charge is -2.43. The quantitative estimate of drug-likeness (QED) is 0.896. The Morgan fingerprint density at radius 2 is 2.05 bits per heavy atom. The second kappa shape index (κ2) is 6.39. The van der Waals surface area contributed by atoms with Gasteiger partial charge in [0, 0.05) is 54.8 Å². The molecule has 0 aromatic heterocycles. The summed E-state index contributed by atoms with van der Waals surface area (Å²) in [5.74, 6) is -0.303. The van der Waals surface area contributed by atoms with E-state index < -0.39 is 5.41 Å². The average Bonchev–Trinajstić information content (AvgIpc) is 2.43. The number of aliphatic hydroxyl groups is 1. The third kappa shape index (κ3) is 3.14. The standard InChI is InChI=1S/C15H22ClFN2O/c1-15(2,10-20)14(19-8-6-18-7-9-19)13-11(16)4-3-5-12(13)17/h3-5,14,18,20H,6-10H2,1-2H3/t14-/m0/s1. The molecule has 3 nitrogen and oxygen atoms in total. The van der Waals surface area contributed by atoms with Crippen molar-refractivity contribution in [2.24, 2.45) is 5.41 Å². The maximum absolute atomic E-state index is 14.3. The van der Waals surface area contributed by atoms with E-state index >= 15 is 0 Å². The van der Waals surface area contributed by atoms with Gasteiger partial charge in [0.15, 0.2) is 0 Å². The van der Waals surface area contributed by atoms with Crippen LogP contribution in [0.5, 0.6) is 0 Å². The zero-order valence-electron chi connectivity index (χ0n) is 12.0. The molecular formula is C15H22ClFN2O. The number of piperazine rings is 1. The van der Waals surface area contributed by atoms with Gasteiger partial charge in [-0.15, -0.1) is 0 Å². The van der Waals surface area contributed by atoms with Crippen molar-refractivity contribution in [2.75, 3.05) is 32.8 Å². The molecule has 0 aliphatic carbocycles. The average molecular weight is 301 g/mol. The zero-order valence-corrected chi connectivity index (χ0v) is 12.8. The van der Waals surface area contributed by atoms with Gasteiger partial charge in [0.25, 0.3) is 0 Å². The Kier molecular flexibility index (Phi) is 5.02. The van der Waals surface area contributed by atoms with E-state index in [1.807, 2.05) is 13.8 Å². The van der Waals surface area contributed by atoms with Gasteiger partial charge in [-0.1, -0.05) is 31.5 Å². The Labute approximate surface area is 124 Å². The fourth-order valence-electron chi connectivity index (χ4n) is 2.87. The highest BCUT2D eigenvalue weighted by molar-refractivity contribution is 6.31. The lowest BCUT2D eigenvalue weighted by Crippen LogP contribution is -2.49. The number of aliphatic hydroxyl groups excluding tert-OH is 1. The van der Waals surface area contributed by atoms with E-state index in [1.165, 1.54) is 6.07 Å². The van der Waals surface area contributed by atoms with Crippen molar-refractivity contribution in [3.05, 3.63) is 34.6 Å². The van der Waals surface area contributed by atoms with E-state index in [9.17, 15) is 9.50 Å². The maximum atomic E-state index is 14.3. The SMILES string of the molecule is CC(C)(CO)[C@H](c1c(F)cccc1Cl)N1CCNCC1. The van der Waals surface area contributed by atoms with E-state index in [0.717, 1.165) is 26.2 Å². The molecule has 0 saturated carbocycles. The molecule has 112 valence electrons. The summed E-state index contributed by atoms with van der Waals surface area (Å²) in [5.41, 5.74) is 0.0264. The molecule has 0 spiro atoms. The number of nitrogens with zero attached hydrogens (tertiary/aromatic N) is 1. The molecule has 1 aromatic carbocycles. The summed E-state index contributed by atoms with van der Waals surface area (Å²) in [6.07, 6.45) is 0. The molecule has 1 aliphatic rings. The molecule has 0 bridgehead atoms. The molecule has 0 radical (unpaired) electrons. The lowest BCUT2D eigenvalue weighted by molar-refractivity contribution is 0.0287. The van der Waals surface area contributed by atoms with E-state index in [-0.39, 0.29) is 18.5 Å². The molecule has 1 fully saturated rings. The van der Waals surface area contributed by atoms with E-state index in [4.69, 9.17) is 11.6 Å². The van der Waals surface area contributed by atoms with Crippen molar-refractivity contribution in [1.29, 1.82) is 0 Å². The zero-order chi connectivity index (χ0) is 14.8. The first-order valence-electron chi connectivity index (χ1n) is 6.97. The van der Waals surface area contributed by atoms with Crippen LogP contribution < -0.4 is 5.32 Å². The number of rotatable bonds is 4. The fourth-order valence-corrected chi connectivity index (χ4v) is 3.13. The topological polar surface area (TPSA) is 35.5 Å². The van der Waals surface area contributed by atoms with Crippen LogP contribution in [0.2, 0.25) is 5.02 Å². The molecular weight excluding hydrogens is 279 g/mol. The van der Waals surface area contributed by atoms with Gasteiger partial charge >= 0.3 is 0 Å². The Hall–Kier alpha value is -0.680. The summed E-state index contributed by atoms with van der Waals surface area (Å²) in [4.78, 5) is 2.21. The number of nitrogens with one attached hydrogen (secondary N) is 1. The Bertz CT molecular complexity index is 441. The van der Waals surface area contributed by atoms with Crippen LogP contribution in [0.4, 0.5) is 4.39 Å². The minimum atomic E-state index is -0.469. The molecule has 0 amide bonds. The molecule has 1 aromatic rings. The highest BCUT2D eigenvalue weighted by Gasteiger charge is 2.38. The van der Waals surface area contributed by atoms with Crippen LogP contribution in [0.3, 0.4) is 0 Å². The first kappa shape index (κ1) is 15.7. The highest BCUT2D eigenvalue weighted by Crippen LogP contribution is 2.42. The van der Waals surface area contributed by atoms with Crippen molar-refractivity contribution in [3.63, 3.8) is 0 Å². The minimum absolute atomic E-state index is 0.0216. The van der Waals surface area contributed by atoms with Crippen LogP contribution in [0.1, 0.15) is 25.5 Å². The Morgan fingerprint density at radius 3 is 2.60 bits per heavy atom. The molecule has 5 heteroatoms. The molecule has 1 atom stereocenters. The van der Waals surface area contributed by atoms with Gasteiger partial charge in [-0.2, -0.15) is 0 Å². The maximum Gasteiger partial charge on any atom is 0.129 e. The van der Waals surface area contributed by atoms with Crippen molar-refractivity contribution in [2.45, 2.75) is 19.9 Å². The lowest BCUT2D eigenvalue weighted by atomic mass is 9.79. The summed E-state index contributed by atoms with van der Waals surface area (Å²) in [6, 6.07) is 4.53. The predicted octanol–water partition coefficient (Wildman–Crippen LogP) is 2.44. The van der Waals surface area contributed by atoms with Gasteiger partial charge in [0.1, 0.15) is 5.82 Å². The smallest absolute Gasteiger partial charge is 0.129 e. The molecule has 1 heterocycles. The second-order valence-corrected chi connectivity index (χ2v) is 6.38. The fraction of sp³-hybridized carbons (Fsp3) is 0.600. The van der Waals surface area contributed by atoms with Crippen molar-refractivity contribution < 1.29 is 9.50 Å². The minimum Gasteiger partial charge on any atom is -0.396 e. The highest BCUT2D eigenvalue weighted by atomic mass is 35.5. The second-order valence-electron chi connectivity index (χ2n) is 5.97. The van der Waals surface area contributed by atoms with Crippen LogP contribution >= 0.6 is 11.6 Å². The van der Waals surface area contributed by atoms with E-state index in [1.54, 1.807) is 12.1 Å². The largest absolute Gasteiger partial charge is 0.396 e. The van der Waals surface area contributed by atoms with Crippen LogP contribution in [-0.2, 0) is 0 Å². The first-order valence-corrected chi connectivity index (χ1v) is 7.34. The van der Waals surface area contributed by atoms with E-state index in [0.29, 0.717) is 10.6 Å². The summed E-state index contributed by atoms with van der Waals surface area (Å²) in [5, 5.41) is 13.4. The van der Waals surface area contributed by atoms with Gasteiger partial charge < -0.3 is 10.4 Å². The Balaban J connectivity index is 2.45.